The highest BCUT2D eigenvalue weighted by Crippen LogP contribution is 2.15. The SMILES string of the molecule is Cc1ccccc1NC(=O)COC(=O)c1nn(C)c(=O)c2ccccc12. The summed E-state index contributed by atoms with van der Waals surface area (Å²) in [5.74, 6) is -1.22. The van der Waals surface area contributed by atoms with Crippen LogP contribution in [0.3, 0.4) is 0 Å². The Morgan fingerprint density at radius 2 is 1.73 bits per heavy atom. The van der Waals surface area contributed by atoms with E-state index in [4.69, 9.17) is 4.74 Å². The van der Waals surface area contributed by atoms with E-state index in [-0.39, 0.29) is 11.3 Å². The van der Waals surface area contributed by atoms with E-state index in [1.54, 1.807) is 36.4 Å². The van der Waals surface area contributed by atoms with E-state index in [9.17, 15) is 14.4 Å². The molecular formula is C19H17N3O4. The van der Waals surface area contributed by atoms with Crippen molar-refractivity contribution in [3.05, 3.63) is 70.1 Å². The summed E-state index contributed by atoms with van der Waals surface area (Å²) < 4.78 is 6.15. The molecule has 1 amide bonds. The van der Waals surface area contributed by atoms with Gasteiger partial charge in [0.1, 0.15) is 0 Å². The minimum atomic E-state index is -0.767. The molecule has 0 radical (unpaired) electrons. The van der Waals surface area contributed by atoms with Gasteiger partial charge < -0.3 is 10.1 Å². The van der Waals surface area contributed by atoms with Crippen LogP contribution in [-0.4, -0.2) is 28.3 Å². The van der Waals surface area contributed by atoms with Crippen LogP contribution < -0.4 is 10.9 Å². The summed E-state index contributed by atoms with van der Waals surface area (Å²) in [7, 11) is 1.45. The molecule has 0 aliphatic heterocycles. The molecule has 0 spiro atoms. The highest BCUT2D eigenvalue weighted by atomic mass is 16.5. The lowest BCUT2D eigenvalue weighted by molar-refractivity contribution is -0.119. The molecule has 132 valence electrons. The van der Waals surface area contributed by atoms with Gasteiger partial charge in [-0.25, -0.2) is 9.48 Å². The van der Waals surface area contributed by atoms with Gasteiger partial charge in [0.2, 0.25) is 0 Å². The average molecular weight is 351 g/mol. The first-order chi connectivity index (χ1) is 12.5. The fourth-order valence-corrected chi connectivity index (χ4v) is 2.55. The number of benzene rings is 2. The van der Waals surface area contributed by atoms with Crippen LogP contribution in [0.5, 0.6) is 0 Å². The van der Waals surface area contributed by atoms with Gasteiger partial charge in [0.05, 0.1) is 5.39 Å². The summed E-state index contributed by atoms with van der Waals surface area (Å²) in [6, 6.07) is 13.9. The van der Waals surface area contributed by atoms with Crippen molar-refractivity contribution in [1.82, 2.24) is 9.78 Å². The summed E-state index contributed by atoms with van der Waals surface area (Å²) in [4.78, 5) is 36.5. The molecule has 0 saturated carbocycles. The molecule has 0 saturated heterocycles. The van der Waals surface area contributed by atoms with Gasteiger partial charge in [0, 0.05) is 18.1 Å². The van der Waals surface area contributed by atoms with Gasteiger partial charge in [-0.1, -0.05) is 36.4 Å². The normalized spacial score (nSPS) is 10.5. The van der Waals surface area contributed by atoms with Gasteiger partial charge in [0.25, 0.3) is 11.5 Å². The number of esters is 1. The molecule has 7 nitrogen and oxygen atoms in total. The lowest BCUT2D eigenvalue weighted by Gasteiger charge is -2.10. The zero-order valence-corrected chi connectivity index (χ0v) is 14.4. The molecular weight excluding hydrogens is 334 g/mol. The summed E-state index contributed by atoms with van der Waals surface area (Å²) in [5, 5.41) is 7.41. The molecule has 1 heterocycles. The number of nitrogens with one attached hydrogen (secondary N) is 1. The second-order valence-corrected chi connectivity index (χ2v) is 5.76. The van der Waals surface area contributed by atoms with Crippen LogP contribution in [0.2, 0.25) is 0 Å². The molecule has 7 heteroatoms. The Labute approximate surface area is 149 Å². The number of aromatic nitrogens is 2. The minimum absolute atomic E-state index is 0.00797. The average Bonchev–Trinajstić information content (AvgIpc) is 2.64. The zero-order valence-electron chi connectivity index (χ0n) is 14.4. The number of nitrogens with zero attached hydrogens (tertiary/aromatic N) is 2. The Hall–Kier alpha value is -3.48. The number of aryl methyl sites for hydroxylation is 2. The second kappa shape index (κ2) is 7.18. The quantitative estimate of drug-likeness (QED) is 0.727. The van der Waals surface area contributed by atoms with Gasteiger partial charge in [-0.05, 0) is 24.6 Å². The maximum absolute atomic E-state index is 12.4. The number of carbonyl (C=O) groups excluding carboxylic acids is 2. The highest BCUT2D eigenvalue weighted by molar-refractivity contribution is 6.03. The number of amides is 1. The van der Waals surface area contributed by atoms with Crippen molar-refractivity contribution in [3.8, 4) is 0 Å². The smallest absolute Gasteiger partial charge is 0.359 e. The van der Waals surface area contributed by atoms with Crippen LogP contribution in [0.15, 0.2) is 53.3 Å². The molecule has 0 fully saturated rings. The van der Waals surface area contributed by atoms with E-state index in [2.05, 4.69) is 10.4 Å². The molecule has 0 atom stereocenters. The fraction of sp³-hybridized carbons (Fsp3) is 0.158. The molecule has 0 unspecified atom stereocenters. The molecule has 2 aromatic carbocycles. The van der Waals surface area contributed by atoms with Gasteiger partial charge >= 0.3 is 5.97 Å². The van der Waals surface area contributed by atoms with Crippen LogP contribution in [-0.2, 0) is 16.6 Å². The van der Waals surface area contributed by atoms with Crippen LogP contribution in [0.1, 0.15) is 16.1 Å². The Kier molecular flexibility index (Phi) is 4.79. The maximum Gasteiger partial charge on any atom is 0.359 e. The molecule has 3 aromatic rings. The molecule has 0 bridgehead atoms. The Morgan fingerprint density at radius 1 is 1.08 bits per heavy atom. The van der Waals surface area contributed by atoms with Crippen LogP contribution in [0.4, 0.5) is 5.69 Å². The number of hydrogen-bond donors (Lipinski definition) is 1. The van der Waals surface area contributed by atoms with Gasteiger partial charge in [0.15, 0.2) is 12.3 Å². The van der Waals surface area contributed by atoms with Crippen molar-refractivity contribution in [2.24, 2.45) is 7.05 Å². The minimum Gasteiger partial charge on any atom is -0.451 e. The van der Waals surface area contributed by atoms with Crippen LogP contribution >= 0.6 is 0 Å². The molecule has 3 rings (SSSR count). The van der Waals surface area contributed by atoms with E-state index in [1.807, 2.05) is 19.1 Å². The highest BCUT2D eigenvalue weighted by Gasteiger charge is 2.18. The van der Waals surface area contributed by atoms with Crippen molar-refractivity contribution in [1.29, 1.82) is 0 Å². The summed E-state index contributed by atoms with van der Waals surface area (Å²) in [6.07, 6.45) is 0. The van der Waals surface area contributed by atoms with Crippen molar-refractivity contribution in [2.45, 2.75) is 6.92 Å². The second-order valence-electron chi connectivity index (χ2n) is 5.76. The molecule has 1 aromatic heterocycles. The van der Waals surface area contributed by atoms with Gasteiger partial charge in [-0.15, -0.1) is 0 Å². The third-order valence-corrected chi connectivity index (χ3v) is 3.90. The standard InChI is InChI=1S/C19H17N3O4/c1-12-7-3-6-10-15(12)20-16(23)11-26-19(25)17-13-8-4-5-9-14(13)18(24)22(2)21-17/h3-10H,11H2,1-2H3,(H,20,23). The lowest BCUT2D eigenvalue weighted by Crippen LogP contribution is -2.26. The topological polar surface area (TPSA) is 90.3 Å². The Morgan fingerprint density at radius 3 is 2.46 bits per heavy atom. The first-order valence-corrected chi connectivity index (χ1v) is 7.96. The van der Waals surface area contributed by atoms with Gasteiger partial charge in [-0.3, -0.25) is 9.59 Å². The number of fused-ring (bicyclic) bond motifs is 1. The van der Waals surface area contributed by atoms with Crippen molar-refractivity contribution in [2.75, 3.05) is 11.9 Å². The molecule has 26 heavy (non-hydrogen) atoms. The third kappa shape index (κ3) is 3.46. The first kappa shape index (κ1) is 17.3. The first-order valence-electron chi connectivity index (χ1n) is 7.96. The van der Waals surface area contributed by atoms with Crippen molar-refractivity contribution < 1.29 is 14.3 Å². The number of anilines is 1. The van der Waals surface area contributed by atoms with Gasteiger partial charge in [-0.2, -0.15) is 5.10 Å². The van der Waals surface area contributed by atoms with E-state index in [0.29, 0.717) is 16.5 Å². The monoisotopic (exact) mass is 351 g/mol. The number of hydrogen-bond acceptors (Lipinski definition) is 5. The van der Waals surface area contributed by atoms with Crippen LogP contribution in [0, 0.1) is 6.92 Å². The zero-order chi connectivity index (χ0) is 18.7. The van der Waals surface area contributed by atoms with E-state index >= 15 is 0 Å². The largest absolute Gasteiger partial charge is 0.451 e. The summed E-state index contributed by atoms with van der Waals surface area (Å²) in [5.41, 5.74) is 1.23. The predicted molar refractivity (Wildman–Crippen MR) is 97.1 cm³/mol. The Bertz CT molecular complexity index is 1060. The Balaban J connectivity index is 1.76. The summed E-state index contributed by atoms with van der Waals surface area (Å²) >= 11 is 0. The molecule has 0 aliphatic carbocycles. The fourth-order valence-electron chi connectivity index (χ4n) is 2.55. The number of rotatable bonds is 4. The van der Waals surface area contributed by atoms with E-state index < -0.39 is 18.5 Å². The van der Waals surface area contributed by atoms with Crippen molar-refractivity contribution >= 4 is 28.3 Å². The lowest BCUT2D eigenvalue weighted by atomic mass is 10.1. The molecule has 1 N–H and O–H groups in total. The predicted octanol–water partition coefficient (Wildman–Crippen LogP) is 2.04. The number of ether oxygens (including phenoxy) is 1. The molecule has 0 aliphatic rings. The van der Waals surface area contributed by atoms with E-state index in [1.165, 1.54) is 7.05 Å². The summed E-state index contributed by atoms with van der Waals surface area (Å²) in [6.45, 7) is 1.41. The van der Waals surface area contributed by atoms with Crippen LogP contribution in [0.25, 0.3) is 10.8 Å². The van der Waals surface area contributed by atoms with Crippen molar-refractivity contribution in [3.63, 3.8) is 0 Å². The maximum atomic E-state index is 12.4. The number of para-hydroxylation sites is 1. The van der Waals surface area contributed by atoms with E-state index in [0.717, 1.165) is 10.2 Å². The number of carbonyl (C=O) groups is 2. The third-order valence-electron chi connectivity index (χ3n) is 3.90.